The van der Waals surface area contributed by atoms with Gasteiger partial charge in [0.25, 0.3) is 0 Å². The molecule has 3 heterocycles. The summed E-state index contributed by atoms with van der Waals surface area (Å²) in [6.45, 7) is -0.0207. The molecule has 0 radical (unpaired) electrons. The number of anilines is 3. The van der Waals surface area contributed by atoms with Crippen molar-refractivity contribution in [3.05, 3.63) is 265 Å². The van der Waals surface area contributed by atoms with E-state index in [0.717, 1.165) is 38.8 Å². The van der Waals surface area contributed by atoms with Crippen LogP contribution in [0.15, 0.2) is 247 Å². The minimum atomic E-state index is -0.651. The third kappa shape index (κ3) is 5.34. The lowest BCUT2D eigenvalue weighted by molar-refractivity contribution is 0.669. The van der Waals surface area contributed by atoms with Crippen LogP contribution >= 0.6 is 0 Å². The van der Waals surface area contributed by atoms with Gasteiger partial charge < -0.3 is 9.32 Å². The maximum absolute atomic E-state index is 6.41. The van der Waals surface area contributed by atoms with Crippen LogP contribution in [0.4, 0.5) is 17.1 Å². The lowest BCUT2D eigenvalue weighted by atomic mass is 9.29. The van der Waals surface area contributed by atoms with Crippen molar-refractivity contribution in [2.75, 3.05) is 4.90 Å². The molecule has 11 aromatic rings. The van der Waals surface area contributed by atoms with Gasteiger partial charge in [0.1, 0.15) is 11.2 Å². The molecular formula is C61H40BNO. The number of benzene rings is 10. The standard InChI is InChI=1S/C61H40BNO/c1-5-20-41(21-6-1)47-29-19-30-48(42-22-7-2-8-23-42)60(47)63-55-34-17-16-33-54(55)62-53-32-15-14-31-51(53)61(45-24-9-3-10-25-45,46-26-11-4-12-27-46)52-39-44(40-56(63)59(52)62)43-36-37-58-50(38-43)49-28-13-18-35-57(49)64-58/h1-40H. The van der Waals surface area contributed by atoms with Crippen molar-refractivity contribution in [1.29, 1.82) is 0 Å². The van der Waals surface area contributed by atoms with Gasteiger partial charge in [0.05, 0.1) is 11.1 Å². The van der Waals surface area contributed by atoms with Crippen LogP contribution in [0.2, 0.25) is 0 Å². The van der Waals surface area contributed by atoms with Crippen LogP contribution in [0.25, 0.3) is 55.3 Å². The summed E-state index contributed by atoms with van der Waals surface area (Å²) in [6.07, 6.45) is 0. The number of nitrogens with zero attached hydrogens (tertiary/aromatic N) is 1. The van der Waals surface area contributed by atoms with Crippen LogP contribution in [0, 0.1) is 0 Å². The van der Waals surface area contributed by atoms with Crippen molar-refractivity contribution in [3.8, 4) is 33.4 Å². The van der Waals surface area contributed by atoms with E-state index in [1.807, 2.05) is 6.07 Å². The molecular weight excluding hydrogens is 773 g/mol. The first-order valence-corrected chi connectivity index (χ1v) is 22.2. The first kappa shape index (κ1) is 36.5. The topological polar surface area (TPSA) is 16.4 Å². The first-order valence-electron chi connectivity index (χ1n) is 22.2. The van der Waals surface area contributed by atoms with Crippen LogP contribution in [0.3, 0.4) is 0 Å². The van der Waals surface area contributed by atoms with E-state index in [-0.39, 0.29) is 6.71 Å². The van der Waals surface area contributed by atoms with Gasteiger partial charge in [-0.25, -0.2) is 0 Å². The number of rotatable bonds is 6. The molecule has 2 aliphatic rings. The molecule has 0 bridgehead atoms. The van der Waals surface area contributed by atoms with E-state index in [1.165, 1.54) is 72.3 Å². The van der Waals surface area contributed by atoms with E-state index in [9.17, 15) is 0 Å². The fourth-order valence-corrected chi connectivity index (χ4v) is 11.2. The molecule has 0 amide bonds. The summed E-state index contributed by atoms with van der Waals surface area (Å²) >= 11 is 0. The Morgan fingerprint density at radius 2 is 0.922 bits per heavy atom. The highest BCUT2D eigenvalue weighted by Crippen LogP contribution is 2.53. The Kier molecular flexibility index (Phi) is 8.26. The van der Waals surface area contributed by atoms with Crippen molar-refractivity contribution in [2.24, 2.45) is 0 Å². The maximum Gasteiger partial charge on any atom is 0.247 e. The van der Waals surface area contributed by atoms with E-state index >= 15 is 0 Å². The van der Waals surface area contributed by atoms with Crippen molar-refractivity contribution in [3.63, 3.8) is 0 Å². The van der Waals surface area contributed by atoms with Gasteiger partial charge in [-0.05, 0) is 91.8 Å². The van der Waals surface area contributed by atoms with Crippen LogP contribution < -0.4 is 21.3 Å². The lowest BCUT2D eigenvalue weighted by Gasteiger charge is -2.49. The molecule has 0 unspecified atom stereocenters. The molecule has 1 aromatic heterocycles. The highest BCUT2D eigenvalue weighted by atomic mass is 16.3. The summed E-state index contributed by atoms with van der Waals surface area (Å²) in [7, 11) is 0. The largest absolute Gasteiger partial charge is 0.456 e. The molecule has 0 spiro atoms. The van der Waals surface area contributed by atoms with Gasteiger partial charge in [-0.15, -0.1) is 0 Å². The summed E-state index contributed by atoms with van der Waals surface area (Å²) in [5.41, 5.74) is 20.7. The molecule has 3 heteroatoms. The Labute approximate surface area is 373 Å². The van der Waals surface area contributed by atoms with Crippen molar-refractivity contribution in [2.45, 2.75) is 5.41 Å². The molecule has 2 nitrogen and oxygen atoms in total. The minimum absolute atomic E-state index is 0.0207. The van der Waals surface area contributed by atoms with Gasteiger partial charge in [0.2, 0.25) is 6.71 Å². The fraction of sp³-hybridized carbons (Fsp3) is 0.0164. The van der Waals surface area contributed by atoms with Crippen molar-refractivity contribution < 1.29 is 4.42 Å². The maximum atomic E-state index is 6.41. The quantitative estimate of drug-likeness (QED) is 0.156. The van der Waals surface area contributed by atoms with Crippen molar-refractivity contribution >= 4 is 62.1 Å². The second-order valence-corrected chi connectivity index (χ2v) is 17.1. The highest BCUT2D eigenvalue weighted by molar-refractivity contribution is 6.99. The van der Waals surface area contributed by atoms with Crippen LogP contribution in [-0.2, 0) is 5.41 Å². The summed E-state index contributed by atoms with van der Waals surface area (Å²) in [5.74, 6) is 0. The van der Waals surface area contributed by atoms with Gasteiger partial charge in [0.15, 0.2) is 0 Å². The van der Waals surface area contributed by atoms with Gasteiger partial charge in [-0.3, -0.25) is 0 Å². The van der Waals surface area contributed by atoms with E-state index in [0.29, 0.717) is 0 Å². The monoisotopic (exact) mass is 813 g/mol. The summed E-state index contributed by atoms with van der Waals surface area (Å²) in [6, 6.07) is 89.5. The number of hydrogen-bond acceptors (Lipinski definition) is 2. The van der Waals surface area contributed by atoms with Gasteiger partial charge in [0, 0.05) is 33.3 Å². The zero-order chi connectivity index (χ0) is 42.2. The third-order valence-electron chi connectivity index (χ3n) is 13.8. The van der Waals surface area contributed by atoms with Crippen LogP contribution in [0.5, 0.6) is 0 Å². The normalized spacial score (nSPS) is 13.4. The minimum Gasteiger partial charge on any atom is -0.456 e. The molecule has 0 saturated carbocycles. The molecule has 298 valence electrons. The summed E-state index contributed by atoms with van der Waals surface area (Å²) in [5, 5.41) is 2.23. The van der Waals surface area contributed by atoms with E-state index in [4.69, 9.17) is 4.42 Å². The van der Waals surface area contributed by atoms with E-state index in [2.05, 4.69) is 241 Å². The lowest BCUT2D eigenvalue weighted by Crippen LogP contribution is -2.65. The molecule has 10 aromatic carbocycles. The summed E-state index contributed by atoms with van der Waals surface area (Å²) in [4.78, 5) is 2.61. The zero-order valence-electron chi connectivity index (χ0n) is 35.0. The van der Waals surface area contributed by atoms with E-state index in [1.54, 1.807) is 0 Å². The first-order chi connectivity index (χ1) is 31.8. The predicted octanol–water partition coefficient (Wildman–Crippen LogP) is 13.6. The number of fused-ring (bicyclic) bond motifs is 7. The smallest absolute Gasteiger partial charge is 0.247 e. The fourth-order valence-electron chi connectivity index (χ4n) is 11.2. The second kappa shape index (κ2) is 14.5. The molecule has 0 fully saturated rings. The molecule has 0 N–H and O–H groups in total. The molecule has 0 saturated heterocycles. The SMILES string of the molecule is c1ccc(-c2cccc(-c3ccccc3)c2N2c3ccccc3B3c4ccccc4C(c4ccccc4)(c4ccccc4)c4cc(-c5ccc6oc7ccccc7c6c5)cc2c43)cc1. The predicted molar refractivity (Wildman–Crippen MR) is 268 cm³/mol. The van der Waals surface area contributed by atoms with Gasteiger partial charge in [-0.2, -0.15) is 0 Å². The summed E-state index contributed by atoms with van der Waals surface area (Å²) < 4.78 is 6.41. The Morgan fingerprint density at radius 1 is 0.359 bits per heavy atom. The van der Waals surface area contributed by atoms with E-state index < -0.39 is 5.41 Å². The Bertz CT molecular complexity index is 3460. The zero-order valence-corrected chi connectivity index (χ0v) is 35.0. The highest BCUT2D eigenvalue weighted by Gasteiger charge is 2.51. The average molecular weight is 814 g/mol. The molecule has 13 rings (SSSR count). The number of hydrogen-bond donors (Lipinski definition) is 0. The Morgan fingerprint density at radius 3 is 1.61 bits per heavy atom. The van der Waals surface area contributed by atoms with Gasteiger partial charge >= 0.3 is 0 Å². The average Bonchev–Trinajstić information content (AvgIpc) is 3.75. The van der Waals surface area contributed by atoms with Crippen LogP contribution in [0.1, 0.15) is 22.3 Å². The van der Waals surface area contributed by atoms with Crippen molar-refractivity contribution in [1.82, 2.24) is 0 Å². The van der Waals surface area contributed by atoms with Gasteiger partial charge in [-0.1, -0.05) is 212 Å². The number of furan rings is 1. The Hall–Kier alpha value is -8.14. The van der Waals surface area contributed by atoms with Crippen LogP contribution in [-0.4, -0.2) is 6.71 Å². The Balaban J connectivity index is 1.22. The molecule has 64 heavy (non-hydrogen) atoms. The second-order valence-electron chi connectivity index (χ2n) is 17.1. The third-order valence-corrected chi connectivity index (χ3v) is 13.8. The molecule has 0 atom stereocenters. The molecule has 2 aliphatic heterocycles. The number of para-hydroxylation sites is 3. The molecule has 0 aliphatic carbocycles.